The lowest BCUT2D eigenvalue weighted by molar-refractivity contribution is -0.186. The van der Waals surface area contributed by atoms with Crippen molar-refractivity contribution in [1.29, 1.82) is 0 Å². The van der Waals surface area contributed by atoms with Gasteiger partial charge in [0.25, 0.3) is 0 Å². The maximum absolute atomic E-state index is 13.1. The van der Waals surface area contributed by atoms with Crippen LogP contribution < -0.4 is 4.72 Å². The topological polar surface area (TPSA) is 64.6 Å². The van der Waals surface area contributed by atoms with Crippen LogP contribution in [0.15, 0.2) is 23.1 Å². The fraction of sp³-hybridized carbons (Fsp3) is 0.625. The first-order chi connectivity index (χ1) is 10.9. The number of benzene rings is 1. The monoisotopic (exact) mass is 343 g/mol. The van der Waals surface area contributed by atoms with Crippen LogP contribution in [0.25, 0.3) is 0 Å². The Hall–Kier alpha value is -1.02. The molecule has 2 fully saturated rings. The molecule has 0 radical (unpaired) electrons. The first-order valence-electron chi connectivity index (χ1n) is 7.98. The van der Waals surface area contributed by atoms with E-state index in [2.05, 4.69) is 4.72 Å². The van der Waals surface area contributed by atoms with E-state index in [9.17, 15) is 12.8 Å². The Morgan fingerprint density at radius 3 is 2.74 bits per heavy atom. The Kier molecular flexibility index (Phi) is 4.73. The van der Waals surface area contributed by atoms with Crippen molar-refractivity contribution in [3.05, 3.63) is 29.6 Å². The molecule has 1 aromatic rings. The first kappa shape index (κ1) is 16.8. The summed E-state index contributed by atoms with van der Waals surface area (Å²) in [4.78, 5) is 0.0881. The van der Waals surface area contributed by atoms with E-state index in [0.29, 0.717) is 12.2 Å². The lowest BCUT2D eigenvalue weighted by Gasteiger charge is -2.31. The highest BCUT2D eigenvalue weighted by atomic mass is 32.2. The van der Waals surface area contributed by atoms with Gasteiger partial charge in [-0.3, -0.25) is 0 Å². The van der Waals surface area contributed by atoms with Crippen molar-refractivity contribution in [3.63, 3.8) is 0 Å². The summed E-state index contributed by atoms with van der Waals surface area (Å²) >= 11 is 0. The molecule has 1 saturated carbocycles. The normalized spacial score (nSPS) is 24.2. The molecule has 1 aromatic carbocycles. The molecule has 0 aromatic heterocycles. The van der Waals surface area contributed by atoms with E-state index in [4.69, 9.17) is 9.47 Å². The van der Waals surface area contributed by atoms with E-state index in [1.165, 1.54) is 18.6 Å². The van der Waals surface area contributed by atoms with Crippen molar-refractivity contribution in [3.8, 4) is 0 Å². The van der Waals surface area contributed by atoms with Crippen LogP contribution in [0.2, 0.25) is 0 Å². The predicted molar refractivity (Wildman–Crippen MR) is 83.0 cm³/mol. The van der Waals surface area contributed by atoms with Gasteiger partial charge in [-0.15, -0.1) is 0 Å². The molecule has 1 saturated heterocycles. The van der Waals surface area contributed by atoms with Gasteiger partial charge in [0.1, 0.15) is 5.82 Å². The number of ether oxygens (including phenoxy) is 2. The summed E-state index contributed by atoms with van der Waals surface area (Å²) in [6.07, 6.45) is 4.79. The largest absolute Gasteiger partial charge is 0.347 e. The Morgan fingerprint density at radius 2 is 2.04 bits per heavy atom. The van der Waals surface area contributed by atoms with Gasteiger partial charge in [0.15, 0.2) is 5.79 Å². The summed E-state index contributed by atoms with van der Waals surface area (Å²) < 4.78 is 52.1. The quantitative estimate of drug-likeness (QED) is 0.912. The lowest BCUT2D eigenvalue weighted by Crippen LogP contribution is -2.37. The summed E-state index contributed by atoms with van der Waals surface area (Å²) in [6, 6.07) is 3.64. The standard InChI is InChI=1S/C16H22FNO4S/c1-12-9-13(17)5-6-15(12)23(19,20)18-10-14-11-21-16(22-14)7-3-2-4-8-16/h5-6,9,14,18H,2-4,7-8,10-11H2,1H3/t14-/m0/s1. The van der Waals surface area contributed by atoms with Crippen LogP contribution in [0.1, 0.15) is 37.7 Å². The van der Waals surface area contributed by atoms with Gasteiger partial charge in [-0.25, -0.2) is 17.5 Å². The maximum atomic E-state index is 13.1. The van der Waals surface area contributed by atoms with Crippen molar-refractivity contribution in [1.82, 2.24) is 4.72 Å². The number of hydrogen-bond acceptors (Lipinski definition) is 4. The minimum Gasteiger partial charge on any atom is -0.347 e. The molecule has 0 unspecified atom stereocenters. The fourth-order valence-corrected chi connectivity index (χ4v) is 4.56. The second-order valence-corrected chi connectivity index (χ2v) is 8.02. The molecule has 0 amide bonds. The van der Waals surface area contributed by atoms with Crippen LogP contribution in [-0.4, -0.2) is 33.5 Å². The molecular weight excluding hydrogens is 321 g/mol. The molecule has 1 N–H and O–H groups in total. The summed E-state index contributed by atoms with van der Waals surface area (Å²) in [5.74, 6) is -0.964. The molecule has 2 aliphatic rings. The summed E-state index contributed by atoms with van der Waals surface area (Å²) in [6.45, 7) is 2.12. The van der Waals surface area contributed by atoms with Gasteiger partial charge in [-0.2, -0.15) is 0 Å². The zero-order valence-electron chi connectivity index (χ0n) is 13.2. The van der Waals surface area contributed by atoms with Crippen LogP contribution in [0.3, 0.4) is 0 Å². The second kappa shape index (κ2) is 6.47. The smallest absolute Gasteiger partial charge is 0.240 e. The Labute approximate surface area is 136 Å². The van der Waals surface area contributed by atoms with E-state index < -0.39 is 21.6 Å². The molecule has 1 spiro atoms. The highest BCUT2D eigenvalue weighted by molar-refractivity contribution is 7.89. The van der Waals surface area contributed by atoms with Gasteiger partial charge in [0.05, 0.1) is 17.6 Å². The van der Waals surface area contributed by atoms with Crippen LogP contribution in [0, 0.1) is 12.7 Å². The predicted octanol–water partition coefficient (Wildman–Crippen LogP) is 2.49. The van der Waals surface area contributed by atoms with E-state index >= 15 is 0 Å². The van der Waals surface area contributed by atoms with Gasteiger partial charge in [0.2, 0.25) is 10.0 Å². The average Bonchev–Trinajstić information content (AvgIpc) is 2.88. The van der Waals surface area contributed by atoms with Gasteiger partial charge >= 0.3 is 0 Å². The Bertz CT molecular complexity index is 671. The Morgan fingerprint density at radius 1 is 1.30 bits per heavy atom. The highest BCUT2D eigenvalue weighted by Crippen LogP contribution is 2.37. The van der Waals surface area contributed by atoms with Crippen LogP contribution in [0.5, 0.6) is 0 Å². The molecule has 3 rings (SSSR count). The molecule has 1 aliphatic heterocycles. The number of rotatable bonds is 4. The fourth-order valence-electron chi connectivity index (χ4n) is 3.26. The van der Waals surface area contributed by atoms with Crippen LogP contribution in [0.4, 0.5) is 4.39 Å². The van der Waals surface area contributed by atoms with E-state index in [1.54, 1.807) is 6.92 Å². The zero-order valence-corrected chi connectivity index (χ0v) is 14.0. The van der Waals surface area contributed by atoms with Crippen molar-refractivity contribution in [2.24, 2.45) is 0 Å². The van der Waals surface area contributed by atoms with Gasteiger partial charge in [-0.1, -0.05) is 6.42 Å². The molecule has 23 heavy (non-hydrogen) atoms. The number of aryl methyl sites for hydroxylation is 1. The molecule has 7 heteroatoms. The molecule has 1 aliphatic carbocycles. The summed E-state index contributed by atoms with van der Waals surface area (Å²) in [5.41, 5.74) is 0.379. The third-order valence-corrected chi connectivity index (χ3v) is 6.04. The van der Waals surface area contributed by atoms with Crippen molar-refractivity contribution < 1.29 is 22.3 Å². The van der Waals surface area contributed by atoms with E-state index in [1.807, 2.05) is 0 Å². The SMILES string of the molecule is Cc1cc(F)ccc1S(=O)(=O)NC[C@H]1COC2(CCCCC2)O1. The lowest BCUT2D eigenvalue weighted by atomic mass is 9.94. The third-order valence-electron chi connectivity index (χ3n) is 4.46. The molecule has 1 atom stereocenters. The zero-order chi connectivity index (χ0) is 16.5. The third kappa shape index (κ3) is 3.74. The molecule has 128 valence electrons. The van der Waals surface area contributed by atoms with E-state index in [-0.39, 0.29) is 17.5 Å². The van der Waals surface area contributed by atoms with Crippen molar-refractivity contribution in [2.45, 2.75) is 55.8 Å². The molecular formula is C16H22FNO4S. The Balaban J connectivity index is 1.61. The number of nitrogens with one attached hydrogen (secondary N) is 1. The summed E-state index contributed by atoms with van der Waals surface area (Å²) in [5, 5.41) is 0. The van der Waals surface area contributed by atoms with Gasteiger partial charge in [0, 0.05) is 19.4 Å². The molecule has 1 heterocycles. The maximum Gasteiger partial charge on any atom is 0.240 e. The first-order valence-corrected chi connectivity index (χ1v) is 9.46. The number of halogens is 1. The highest BCUT2D eigenvalue weighted by Gasteiger charge is 2.42. The number of sulfonamides is 1. The summed E-state index contributed by atoms with van der Waals surface area (Å²) in [7, 11) is -3.69. The minimum absolute atomic E-state index is 0.0881. The van der Waals surface area contributed by atoms with Crippen LogP contribution >= 0.6 is 0 Å². The van der Waals surface area contributed by atoms with Gasteiger partial charge < -0.3 is 9.47 Å². The number of hydrogen-bond donors (Lipinski definition) is 1. The van der Waals surface area contributed by atoms with Crippen molar-refractivity contribution in [2.75, 3.05) is 13.2 Å². The second-order valence-electron chi connectivity index (χ2n) is 6.28. The molecule has 0 bridgehead atoms. The minimum atomic E-state index is -3.69. The van der Waals surface area contributed by atoms with Gasteiger partial charge in [-0.05, 0) is 43.5 Å². The average molecular weight is 343 g/mol. The van der Waals surface area contributed by atoms with Crippen LogP contribution in [-0.2, 0) is 19.5 Å². The van der Waals surface area contributed by atoms with E-state index in [0.717, 1.165) is 31.7 Å². The van der Waals surface area contributed by atoms with Crippen molar-refractivity contribution >= 4 is 10.0 Å². The molecule has 5 nitrogen and oxygen atoms in total.